The maximum Gasteiger partial charge on any atom is 0.229 e. The van der Waals surface area contributed by atoms with Crippen molar-refractivity contribution in [1.82, 2.24) is 9.97 Å². The van der Waals surface area contributed by atoms with Crippen LogP contribution in [0, 0.1) is 11.7 Å². The number of carbonyl (C=O) groups is 1. The van der Waals surface area contributed by atoms with Crippen LogP contribution in [0.15, 0.2) is 42.9 Å². The summed E-state index contributed by atoms with van der Waals surface area (Å²) in [5, 5.41) is 2.71. The highest BCUT2D eigenvalue weighted by Gasteiger charge is 2.44. The summed E-state index contributed by atoms with van der Waals surface area (Å²) in [6.07, 6.45) is 5.31. The molecule has 5 heteroatoms. The lowest BCUT2D eigenvalue weighted by molar-refractivity contribution is -0.117. The molecule has 0 saturated heterocycles. The average molecular weight is 257 g/mol. The summed E-state index contributed by atoms with van der Waals surface area (Å²) in [4.78, 5) is 19.8. The Morgan fingerprint density at radius 3 is 3.00 bits per heavy atom. The van der Waals surface area contributed by atoms with Gasteiger partial charge in [-0.25, -0.2) is 9.37 Å². The van der Waals surface area contributed by atoms with E-state index in [-0.39, 0.29) is 23.6 Å². The van der Waals surface area contributed by atoms with Gasteiger partial charge < -0.3 is 5.32 Å². The number of carbonyl (C=O) groups excluding carboxylic acids is 1. The molecule has 1 aliphatic rings. The summed E-state index contributed by atoms with van der Waals surface area (Å²) >= 11 is 0. The summed E-state index contributed by atoms with van der Waals surface area (Å²) in [5.74, 6) is 0.0841. The van der Waals surface area contributed by atoms with Crippen molar-refractivity contribution in [3.63, 3.8) is 0 Å². The fourth-order valence-electron chi connectivity index (χ4n) is 2.17. The van der Waals surface area contributed by atoms with E-state index in [0.29, 0.717) is 5.82 Å². The Morgan fingerprint density at radius 1 is 1.37 bits per heavy atom. The fraction of sp³-hybridized carbons (Fsp3) is 0.214. The molecule has 0 unspecified atom stereocenters. The smallest absolute Gasteiger partial charge is 0.229 e. The van der Waals surface area contributed by atoms with E-state index < -0.39 is 0 Å². The number of halogens is 1. The molecular weight excluding hydrogens is 245 g/mol. The van der Waals surface area contributed by atoms with Crippen LogP contribution in [0.3, 0.4) is 0 Å². The Hall–Kier alpha value is -2.30. The molecular formula is C14H12FN3O. The third-order valence-corrected chi connectivity index (χ3v) is 3.22. The molecule has 1 aromatic heterocycles. The van der Waals surface area contributed by atoms with Crippen LogP contribution in [0.1, 0.15) is 17.9 Å². The van der Waals surface area contributed by atoms with Crippen molar-refractivity contribution < 1.29 is 9.18 Å². The third kappa shape index (κ3) is 2.59. The monoisotopic (exact) mass is 257 g/mol. The number of benzene rings is 1. The molecule has 1 aromatic carbocycles. The van der Waals surface area contributed by atoms with Crippen molar-refractivity contribution in [3.05, 3.63) is 54.2 Å². The molecule has 1 amide bonds. The average Bonchev–Trinajstić information content (AvgIpc) is 3.20. The molecule has 1 saturated carbocycles. The summed E-state index contributed by atoms with van der Waals surface area (Å²) in [7, 11) is 0. The van der Waals surface area contributed by atoms with E-state index in [2.05, 4.69) is 15.3 Å². The predicted octanol–water partition coefficient (Wildman–Crippen LogP) is 2.36. The van der Waals surface area contributed by atoms with Crippen LogP contribution >= 0.6 is 0 Å². The molecule has 0 spiro atoms. The quantitative estimate of drug-likeness (QED) is 0.918. The first-order valence-corrected chi connectivity index (χ1v) is 6.06. The Labute approximate surface area is 109 Å². The highest BCUT2D eigenvalue weighted by molar-refractivity contribution is 5.94. The van der Waals surface area contributed by atoms with E-state index in [1.807, 2.05) is 6.07 Å². The van der Waals surface area contributed by atoms with Crippen LogP contribution in [0.4, 0.5) is 10.2 Å². The number of nitrogens with zero attached hydrogens (tertiary/aromatic N) is 2. The second kappa shape index (κ2) is 4.76. The zero-order chi connectivity index (χ0) is 13.2. The van der Waals surface area contributed by atoms with Gasteiger partial charge in [-0.3, -0.25) is 9.78 Å². The van der Waals surface area contributed by atoms with Crippen LogP contribution in [0.2, 0.25) is 0 Å². The minimum atomic E-state index is -0.266. The summed E-state index contributed by atoms with van der Waals surface area (Å²) in [6, 6.07) is 6.41. The first-order chi connectivity index (χ1) is 9.24. The lowest BCUT2D eigenvalue weighted by atomic mass is 10.1. The van der Waals surface area contributed by atoms with Crippen molar-refractivity contribution in [1.29, 1.82) is 0 Å². The lowest BCUT2D eigenvalue weighted by Crippen LogP contribution is -2.15. The Kier molecular flexibility index (Phi) is 2.95. The zero-order valence-corrected chi connectivity index (χ0v) is 10.1. The van der Waals surface area contributed by atoms with E-state index in [4.69, 9.17) is 0 Å². The number of nitrogens with one attached hydrogen (secondary N) is 1. The topological polar surface area (TPSA) is 54.9 Å². The van der Waals surface area contributed by atoms with E-state index in [0.717, 1.165) is 12.0 Å². The third-order valence-electron chi connectivity index (χ3n) is 3.22. The van der Waals surface area contributed by atoms with Gasteiger partial charge in [-0.15, -0.1) is 0 Å². The number of amides is 1. The van der Waals surface area contributed by atoms with Gasteiger partial charge in [0.05, 0.1) is 6.20 Å². The minimum absolute atomic E-state index is 0.0882. The molecule has 1 fully saturated rings. The standard InChI is InChI=1S/C14H12FN3O/c15-10-3-1-2-9(6-10)11-7-12(11)14(19)18-13-8-16-4-5-17-13/h1-6,8,11-12H,7H2,(H,17,18,19)/t11-,12+/m1/s1. The second-order valence-corrected chi connectivity index (χ2v) is 4.58. The predicted molar refractivity (Wildman–Crippen MR) is 67.9 cm³/mol. The molecule has 1 heterocycles. The molecule has 1 N–H and O–H groups in total. The molecule has 2 aromatic rings. The summed E-state index contributed by atoms with van der Waals surface area (Å²) in [5.41, 5.74) is 0.874. The van der Waals surface area contributed by atoms with Crippen LogP contribution in [0.25, 0.3) is 0 Å². The van der Waals surface area contributed by atoms with Gasteiger partial charge in [0.1, 0.15) is 5.82 Å². The van der Waals surface area contributed by atoms with Crippen LogP contribution in [-0.2, 0) is 4.79 Å². The first kappa shape index (κ1) is 11.8. The maximum absolute atomic E-state index is 13.1. The molecule has 4 nitrogen and oxygen atoms in total. The van der Waals surface area contributed by atoms with Gasteiger partial charge in [-0.2, -0.15) is 0 Å². The van der Waals surface area contributed by atoms with Gasteiger partial charge in [0.15, 0.2) is 5.82 Å². The number of anilines is 1. The molecule has 19 heavy (non-hydrogen) atoms. The van der Waals surface area contributed by atoms with Crippen LogP contribution < -0.4 is 5.32 Å². The summed E-state index contributed by atoms with van der Waals surface area (Å²) < 4.78 is 13.1. The van der Waals surface area contributed by atoms with Crippen LogP contribution in [-0.4, -0.2) is 15.9 Å². The Morgan fingerprint density at radius 2 is 2.26 bits per heavy atom. The van der Waals surface area contributed by atoms with E-state index in [1.54, 1.807) is 12.3 Å². The number of hydrogen-bond acceptors (Lipinski definition) is 3. The largest absolute Gasteiger partial charge is 0.309 e. The van der Waals surface area contributed by atoms with Gasteiger partial charge in [-0.05, 0) is 30.0 Å². The van der Waals surface area contributed by atoms with E-state index >= 15 is 0 Å². The van der Waals surface area contributed by atoms with Crippen molar-refractivity contribution in [2.45, 2.75) is 12.3 Å². The molecule has 96 valence electrons. The second-order valence-electron chi connectivity index (χ2n) is 4.58. The molecule has 1 aliphatic carbocycles. The van der Waals surface area contributed by atoms with E-state index in [1.165, 1.54) is 24.5 Å². The highest BCUT2D eigenvalue weighted by atomic mass is 19.1. The molecule has 0 aliphatic heterocycles. The van der Waals surface area contributed by atoms with Crippen molar-refractivity contribution in [3.8, 4) is 0 Å². The van der Waals surface area contributed by atoms with Gasteiger partial charge in [0.2, 0.25) is 5.91 Å². The maximum atomic E-state index is 13.1. The normalized spacial score (nSPS) is 20.9. The van der Waals surface area contributed by atoms with Crippen molar-refractivity contribution in [2.24, 2.45) is 5.92 Å². The van der Waals surface area contributed by atoms with Gasteiger partial charge >= 0.3 is 0 Å². The number of hydrogen-bond donors (Lipinski definition) is 1. The minimum Gasteiger partial charge on any atom is -0.309 e. The van der Waals surface area contributed by atoms with E-state index in [9.17, 15) is 9.18 Å². The van der Waals surface area contributed by atoms with Gasteiger partial charge in [0.25, 0.3) is 0 Å². The molecule has 0 bridgehead atoms. The molecule has 0 radical (unpaired) electrons. The highest BCUT2D eigenvalue weighted by Crippen LogP contribution is 2.47. The van der Waals surface area contributed by atoms with Crippen molar-refractivity contribution >= 4 is 11.7 Å². The Balaban J connectivity index is 1.65. The Bertz CT molecular complexity index is 603. The lowest BCUT2D eigenvalue weighted by Gasteiger charge is -2.03. The fourth-order valence-corrected chi connectivity index (χ4v) is 2.17. The van der Waals surface area contributed by atoms with Gasteiger partial charge in [-0.1, -0.05) is 12.1 Å². The van der Waals surface area contributed by atoms with Crippen LogP contribution in [0.5, 0.6) is 0 Å². The SMILES string of the molecule is O=C(Nc1cnccn1)[C@H]1C[C@@H]1c1cccc(F)c1. The first-order valence-electron chi connectivity index (χ1n) is 6.06. The number of aromatic nitrogens is 2. The van der Waals surface area contributed by atoms with Gasteiger partial charge in [0, 0.05) is 18.3 Å². The molecule has 2 atom stereocenters. The zero-order valence-electron chi connectivity index (χ0n) is 10.1. The summed E-state index contributed by atoms with van der Waals surface area (Å²) in [6.45, 7) is 0. The van der Waals surface area contributed by atoms with Crippen molar-refractivity contribution in [2.75, 3.05) is 5.32 Å². The molecule has 3 rings (SSSR count). The number of rotatable bonds is 3.